The van der Waals surface area contributed by atoms with Crippen LogP contribution >= 0.6 is 0 Å². The van der Waals surface area contributed by atoms with E-state index in [9.17, 15) is 4.79 Å². The first kappa shape index (κ1) is 7.72. The van der Waals surface area contributed by atoms with Crippen LogP contribution in [0.3, 0.4) is 0 Å². The zero-order valence-corrected chi connectivity index (χ0v) is 6.50. The first-order valence-corrected chi connectivity index (χ1v) is 3.24. The Bertz CT molecular complexity index is 271. The maximum absolute atomic E-state index is 10.3. The van der Waals surface area contributed by atoms with E-state index in [-0.39, 0.29) is 0 Å². The number of aryl methyl sites for hydroxylation is 1. The number of carbonyl (C=O) groups is 1. The Kier molecular flexibility index (Phi) is 2.21. The molecule has 0 N–H and O–H groups in total. The van der Waals surface area contributed by atoms with Crippen molar-refractivity contribution >= 4 is 6.29 Å². The number of rotatable bonds is 2. The molecule has 1 rings (SSSR count). The number of nitrogens with zero attached hydrogens (tertiary/aromatic N) is 1. The van der Waals surface area contributed by atoms with E-state index in [2.05, 4.69) is 4.98 Å². The third-order valence-corrected chi connectivity index (χ3v) is 1.30. The topological polar surface area (TPSA) is 39.2 Å². The maximum atomic E-state index is 10.3. The lowest BCUT2D eigenvalue weighted by molar-refractivity contribution is 0.111. The van der Waals surface area contributed by atoms with Crippen LogP contribution in [0.2, 0.25) is 0 Å². The molecule has 0 amide bonds. The Morgan fingerprint density at radius 1 is 1.55 bits per heavy atom. The van der Waals surface area contributed by atoms with Gasteiger partial charge in [-0.2, -0.15) is 0 Å². The number of hydrogen-bond acceptors (Lipinski definition) is 3. The van der Waals surface area contributed by atoms with Crippen molar-refractivity contribution in [2.45, 2.75) is 6.92 Å². The number of pyridine rings is 1. The van der Waals surface area contributed by atoms with Gasteiger partial charge in [0.2, 0.25) is 5.88 Å². The summed E-state index contributed by atoms with van der Waals surface area (Å²) in [6.07, 6.45) is 0.704. The van der Waals surface area contributed by atoms with Gasteiger partial charge < -0.3 is 4.74 Å². The van der Waals surface area contributed by atoms with E-state index in [1.165, 1.54) is 7.11 Å². The van der Waals surface area contributed by atoms with Gasteiger partial charge in [0.05, 0.1) is 7.11 Å². The highest BCUT2D eigenvalue weighted by Crippen LogP contribution is 2.09. The number of aromatic nitrogens is 1. The van der Waals surface area contributed by atoms with E-state index in [0.29, 0.717) is 17.9 Å². The highest BCUT2D eigenvalue weighted by Gasteiger charge is 1.97. The van der Waals surface area contributed by atoms with Crippen molar-refractivity contribution in [3.8, 4) is 5.88 Å². The molecule has 0 aliphatic heterocycles. The molecule has 0 spiro atoms. The molecule has 0 atom stereocenters. The van der Waals surface area contributed by atoms with Gasteiger partial charge in [0, 0.05) is 6.07 Å². The molecule has 0 aliphatic carbocycles. The van der Waals surface area contributed by atoms with E-state index < -0.39 is 0 Å². The molecule has 0 aromatic carbocycles. The molecule has 0 saturated heterocycles. The second-order valence-electron chi connectivity index (χ2n) is 2.23. The number of methoxy groups -OCH3 is 1. The van der Waals surface area contributed by atoms with Crippen LogP contribution in [0.4, 0.5) is 0 Å². The maximum Gasteiger partial charge on any atom is 0.213 e. The quantitative estimate of drug-likeness (QED) is 0.596. The van der Waals surface area contributed by atoms with E-state index >= 15 is 0 Å². The van der Waals surface area contributed by atoms with Crippen molar-refractivity contribution in [1.82, 2.24) is 4.98 Å². The molecule has 1 aromatic heterocycles. The lowest BCUT2D eigenvalue weighted by Crippen LogP contribution is -1.93. The van der Waals surface area contributed by atoms with E-state index in [1.54, 1.807) is 12.1 Å². The molecule has 11 heavy (non-hydrogen) atoms. The number of aldehydes is 1. The van der Waals surface area contributed by atoms with Crippen molar-refractivity contribution in [3.63, 3.8) is 0 Å². The fourth-order valence-corrected chi connectivity index (χ4v) is 0.826. The first-order valence-electron chi connectivity index (χ1n) is 3.24. The fraction of sp³-hybridized carbons (Fsp3) is 0.250. The van der Waals surface area contributed by atoms with Crippen molar-refractivity contribution < 1.29 is 9.53 Å². The van der Waals surface area contributed by atoms with Gasteiger partial charge in [-0.3, -0.25) is 4.79 Å². The van der Waals surface area contributed by atoms with E-state index in [4.69, 9.17) is 4.74 Å². The third-order valence-electron chi connectivity index (χ3n) is 1.30. The summed E-state index contributed by atoms with van der Waals surface area (Å²) in [4.78, 5) is 14.2. The normalized spacial score (nSPS) is 9.27. The fourth-order valence-electron chi connectivity index (χ4n) is 0.826. The molecule has 0 radical (unpaired) electrons. The third kappa shape index (κ3) is 1.77. The summed E-state index contributed by atoms with van der Waals surface area (Å²) >= 11 is 0. The summed E-state index contributed by atoms with van der Waals surface area (Å²) in [7, 11) is 1.52. The lowest BCUT2D eigenvalue weighted by Gasteiger charge is -1.99. The molecule has 3 nitrogen and oxygen atoms in total. The van der Waals surface area contributed by atoms with Crippen LogP contribution in [-0.4, -0.2) is 18.4 Å². The Morgan fingerprint density at radius 3 is 2.82 bits per heavy atom. The Hall–Kier alpha value is -1.38. The summed E-state index contributed by atoms with van der Waals surface area (Å²) in [6.45, 7) is 1.89. The van der Waals surface area contributed by atoms with Gasteiger partial charge >= 0.3 is 0 Å². The monoisotopic (exact) mass is 151 g/mol. The van der Waals surface area contributed by atoms with Crippen molar-refractivity contribution in [2.75, 3.05) is 7.11 Å². The average molecular weight is 151 g/mol. The zero-order valence-electron chi connectivity index (χ0n) is 6.50. The molecule has 0 aliphatic rings. The number of ether oxygens (including phenoxy) is 1. The van der Waals surface area contributed by atoms with Crippen LogP contribution < -0.4 is 4.74 Å². The minimum atomic E-state index is 0.404. The van der Waals surface area contributed by atoms with Crippen molar-refractivity contribution in [3.05, 3.63) is 23.4 Å². The van der Waals surface area contributed by atoms with Crippen LogP contribution in [0.1, 0.15) is 16.1 Å². The van der Waals surface area contributed by atoms with Crippen LogP contribution in [0.15, 0.2) is 12.1 Å². The van der Waals surface area contributed by atoms with Gasteiger partial charge in [-0.25, -0.2) is 4.98 Å². The first-order chi connectivity index (χ1) is 5.26. The van der Waals surface area contributed by atoms with Gasteiger partial charge in [0.15, 0.2) is 6.29 Å². The molecular formula is C8H9NO2. The van der Waals surface area contributed by atoms with Crippen molar-refractivity contribution in [1.29, 1.82) is 0 Å². The molecule has 1 heterocycles. The van der Waals surface area contributed by atoms with Gasteiger partial charge in [-0.1, -0.05) is 0 Å². The number of hydrogen-bond donors (Lipinski definition) is 0. The van der Waals surface area contributed by atoms with Gasteiger partial charge in [0.25, 0.3) is 0 Å². The molecule has 0 unspecified atom stereocenters. The SMILES string of the molecule is COc1cc(C)cc(C=O)n1. The summed E-state index contributed by atoms with van der Waals surface area (Å²) in [5.74, 6) is 0.479. The summed E-state index contributed by atoms with van der Waals surface area (Å²) in [6, 6.07) is 3.47. The Balaban J connectivity index is 3.11. The van der Waals surface area contributed by atoms with Crippen LogP contribution in [0.5, 0.6) is 5.88 Å². The van der Waals surface area contributed by atoms with Crippen molar-refractivity contribution in [2.24, 2.45) is 0 Å². The second kappa shape index (κ2) is 3.14. The summed E-state index contributed by atoms with van der Waals surface area (Å²) in [5.41, 5.74) is 1.38. The Labute approximate surface area is 65.0 Å². The predicted octanol–water partition coefficient (Wildman–Crippen LogP) is 1.21. The second-order valence-corrected chi connectivity index (χ2v) is 2.23. The highest BCUT2D eigenvalue weighted by molar-refractivity contribution is 5.72. The molecule has 1 aromatic rings. The molecule has 3 heteroatoms. The molecule has 0 fully saturated rings. The highest BCUT2D eigenvalue weighted by atomic mass is 16.5. The van der Waals surface area contributed by atoms with Crippen LogP contribution in [0.25, 0.3) is 0 Å². The van der Waals surface area contributed by atoms with Gasteiger partial charge in [0.1, 0.15) is 5.69 Å². The zero-order chi connectivity index (χ0) is 8.27. The predicted molar refractivity (Wildman–Crippen MR) is 40.9 cm³/mol. The Morgan fingerprint density at radius 2 is 2.27 bits per heavy atom. The lowest BCUT2D eigenvalue weighted by atomic mass is 10.2. The standard InChI is InChI=1S/C8H9NO2/c1-6-3-7(5-10)9-8(4-6)11-2/h3-5H,1-2H3. The minimum absolute atomic E-state index is 0.404. The largest absolute Gasteiger partial charge is 0.481 e. The van der Waals surface area contributed by atoms with Gasteiger partial charge in [-0.05, 0) is 18.6 Å². The minimum Gasteiger partial charge on any atom is -0.481 e. The van der Waals surface area contributed by atoms with E-state index in [1.807, 2.05) is 6.92 Å². The molecule has 58 valence electrons. The van der Waals surface area contributed by atoms with Gasteiger partial charge in [-0.15, -0.1) is 0 Å². The van der Waals surface area contributed by atoms with Crippen LogP contribution in [0, 0.1) is 6.92 Å². The summed E-state index contributed by atoms with van der Waals surface area (Å²) in [5, 5.41) is 0. The smallest absolute Gasteiger partial charge is 0.213 e. The van der Waals surface area contributed by atoms with E-state index in [0.717, 1.165) is 5.56 Å². The average Bonchev–Trinajstić information content (AvgIpc) is 2.03. The summed E-state index contributed by atoms with van der Waals surface area (Å²) < 4.78 is 4.87. The van der Waals surface area contributed by atoms with Crippen LogP contribution in [-0.2, 0) is 0 Å². The molecule has 0 bridgehead atoms. The molecule has 0 saturated carbocycles. The number of carbonyl (C=O) groups excluding carboxylic acids is 1. The molecular weight excluding hydrogens is 142 g/mol.